The highest BCUT2D eigenvalue weighted by atomic mass is 32.2. The summed E-state index contributed by atoms with van der Waals surface area (Å²) in [6, 6.07) is 29.9. The average molecular weight is 379 g/mol. The molecule has 3 aromatic rings. The van der Waals surface area contributed by atoms with E-state index in [-0.39, 0.29) is 5.41 Å². The molecule has 0 aromatic heterocycles. The molecule has 1 heterocycles. The van der Waals surface area contributed by atoms with Gasteiger partial charge in [0.2, 0.25) is 0 Å². The van der Waals surface area contributed by atoms with Gasteiger partial charge in [-0.1, -0.05) is 79.7 Å². The quantitative estimate of drug-likeness (QED) is 0.492. The Morgan fingerprint density at radius 2 is 1.31 bits per heavy atom. The van der Waals surface area contributed by atoms with E-state index < -0.39 is 0 Å². The topological polar surface area (TPSA) is 9.23 Å². The molecule has 0 saturated carbocycles. The van der Waals surface area contributed by atoms with E-state index >= 15 is 0 Å². The van der Waals surface area contributed by atoms with Gasteiger partial charge < -0.3 is 4.74 Å². The molecular weight excluding hydrogens is 356 g/mol. The molecule has 0 N–H and O–H groups in total. The molecule has 4 rings (SSSR count). The summed E-state index contributed by atoms with van der Waals surface area (Å²) in [7, 11) is 0. The Kier molecular flexibility index (Phi) is 5.39. The van der Waals surface area contributed by atoms with Crippen LogP contribution in [0.4, 0.5) is 0 Å². The van der Waals surface area contributed by atoms with E-state index in [1.165, 1.54) is 20.9 Å². The summed E-state index contributed by atoms with van der Waals surface area (Å²) >= 11 is 3.93. The van der Waals surface area contributed by atoms with Gasteiger partial charge >= 0.3 is 0 Å². The number of rotatable bonds is 6. The van der Waals surface area contributed by atoms with Crippen molar-refractivity contribution in [3.63, 3.8) is 0 Å². The molecule has 0 unspecified atom stereocenters. The van der Waals surface area contributed by atoms with Crippen molar-refractivity contribution < 1.29 is 4.74 Å². The maximum atomic E-state index is 6.22. The number of benzene rings is 3. The second kappa shape index (κ2) is 7.91. The molecule has 132 valence electrons. The lowest BCUT2D eigenvalue weighted by molar-refractivity contribution is 0.0817. The van der Waals surface area contributed by atoms with Crippen LogP contribution in [-0.4, -0.2) is 11.2 Å². The van der Waals surface area contributed by atoms with Crippen LogP contribution in [0.2, 0.25) is 0 Å². The fourth-order valence-electron chi connectivity index (χ4n) is 3.22. The number of thioether (sulfide) groups is 2. The fraction of sp³-hybridized carbons (Fsp3) is 0.217. The van der Waals surface area contributed by atoms with Crippen LogP contribution in [0.5, 0.6) is 0 Å². The third kappa shape index (κ3) is 3.71. The minimum Gasteiger partial charge on any atom is -0.376 e. The standard InChI is InChI=1S/C23H22OS2/c1-23(19-12-6-3-7-13-19,17-24-16-18-10-4-2-5-11-18)22-25-20-14-8-9-15-21(20)26-22/h2-15,22H,16-17H2,1H3/t23-/m0/s1. The van der Waals surface area contributed by atoms with Gasteiger partial charge in [-0.15, -0.1) is 23.5 Å². The maximum Gasteiger partial charge on any atom is 0.0717 e. The SMILES string of the molecule is C[C@](COCc1ccccc1)(c1ccccc1)C1Sc2ccccc2S1. The van der Waals surface area contributed by atoms with Gasteiger partial charge in [0, 0.05) is 15.2 Å². The summed E-state index contributed by atoms with van der Waals surface area (Å²) in [5.41, 5.74) is 2.49. The predicted molar refractivity (Wildman–Crippen MR) is 112 cm³/mol. The molecule has 1 aliphatic rings. The predicted octanol–water partition coefficient (Wildman–Crippen LogP) is 6.39. The summed E-state index contributed by atoms with van der Waals surface area (Å²) < 4.78 is 6.62. The molecule has 0 spiro atoms. The summed E-state index contributed by atoms with van der Waals surface area (Å²) in [4.78, 5) is 2.76. The summed E-state index contributed by atoms with van der Waals surface area (Å²) in [5.74, 6) is 0. The monoisotopic (exact) mass is 378 g/mol. The molecule has 0 radical (unpaired) electrons. The molecule has 0 saturated heterocycles. The first kappa shape index (κ1) is 17.7. The van der Waals surface area contributed by atoms with Gasteiger partial charge in [-0.3, -0.25) is 0 Å². The van der Waals surface area contributed by atoms with Gasteiger partial charge in [-0.25, -0.2) is 0 Å². The van der Waals surface area contributed by atoms with E-state index in [2.05, 4.69) is 85.8 Å². The van der Waals surface area contributed by atoms with E-state index in [9.17, 15) is 0 Å². The molecule has 0 amide bonds. The van der Waals surface area contributed by atoms with E-state index in [0.29, 0.717) is 17.8 Å². The number of hydrogen-bond donors (Lipinski definition) is 0. The van der Waals surface area contributed by atoms with Crippen molar-refractivity contribution >= 4 is 23.5 Å². The zero-order valence-electron chi connectivity index (χ0n) is 14.8. The Labute approximate surface area is 164 Å². The van der Waals surface area contributed by atoms with E-state index in [0.717, 1.165) is 0 Å². The van der Waals surface area contributed by atoms with Crippen molar-refractivity contribution in [1.82, 2.24) is 0 Å². The summed E-state index contributed by atoms with van der Waals surface area (Å²) in [5, 5.41) is 0. The van der Waals surface area contributed by atoms with Gasteiger partial charge in [0.05, 0.1) is 17.8 Å². The first-order valence-corrected chi connectivity index (χ1v) is 10.6. The van der Waals surface area contributed by atoms with Crippen molar-refractivity contribution in [1.29, 1.82) is 0 Å². The lowest BCUT2D eigenvalue weighted by Gasteiger charge is -2.34. The second-order valence-electron chi connectivity index (χ2n) is 6.78. The molecule has 1 atom stereocenters. The minimum atomic E-state index is -0.0651. The van der Waals surface area contributed by atoms with Crippen LogP contribution < -0.4 is 0 Å². The first-order chi connectivity index (χ1) is 12.8. The Hall–Kier alpha value is -1.68. The highest BCUT2D eigenvalue weighted by Gasteiger charge is 2.41. The van der Waals surface area contributed by atoms with Crippen LogP contribution in [0.3, 0.4) is 0 Å². The largest absolute Gasteiger partial charge is 0.376 e. The van der Waals surface area contributed by atoms with Gasteiger partial charge in [-0.2, -0.15) is 0 Å². The summed E-state index contributed by atoms with van der Waals surface area (Å²) in [6.45, 7) is 3.69. The number of fused-ring (bicyclic) bond motifs is 1. The van der Waals surface area contributed by atoms with Crippen LogP contribution in [0.15, 0.2) is 94.7 Å². The Balaban J connectivity index is 1.55. The minimum absolute atomic E-state index is 0.0651. The second-order valence-corrected chi connectivity index (χ2v) is 9.37. The molecule has 3 heteroatoms. The highest BCUT2D eigenvalue weighted by Crippen LogP contribution is 2.55. The van der Waals surface area contributed by atoms with E-state index in [1.54, 1.807) is 0 Å². The number of hydrogen-bond acceptors (Lipinski definition) is 3. The van der Waals surface area contributed by atoms with Crippen LogP contribution >= 0.6 is 23.5 Å². The third-order valence-corrected chi connectivity index (χ3v) is 8.18. The van der Waals surface area contributed by atoms with Crippen LogP contribution in [0.25, 0.3) is 0 Å². The normalized spacial score (nSPS) is 16.2. The van der Waals surface area contributed by atoms with Crippen LogP contribution in [0.1, 0.15) is 18.1 Å². The van der Waals surface area contributed by atoms with Gasteiger partial charge in [0.1, 0.15) is 0 Å². The zero-order chi connectivity index (χ0) is 17.8. The van der Waals surface area contributed by atoms with Crippen LogP contribution in [0, 0.1) is 0 Å². The van der Waals surface area contributed by atoms with Gasteiger partial charge in [0.25, 0.3) is 0 Å². The molecular formula is C23H22OS2. The van der Waals surface area contributed by atoms with Crippen LogP contribution in [-0.2, 0) is 16.8 Å². The van der Waals surface area contributed by atoms with Crippen molar-refractivity contribution in [2.24, 2.45) is 0 Å². The van der Waals surface area contributed by atoms with Crippen molar-refractivity contribution in [3.8, 4) is 0 Å². The van der Waals surface area contributed by atoms with E-state index in [4.69, 9.17) is 4.74 Å². The lowest BCUT2D eigenvalue weighted by Crippen LogP contribution is -2.36. The summed E-state index contributed by atoms with van der Waals surface area (Å²) in [6.07, 6.45) is 0. The van der Waals surface area contributed by atoms with Gasteiger partial charge in [-0.05, 0) is 23.3 Å². The van der Waals surface area contributed by atoms with Crippen molar-refractivity contribution in [2.45, 2.75) is 33.3 Å². The molecule has 26 heavy (non-hydrogen) atoms. The average Bonchev–Trinajstić information content (AvgIpc) is 3.14. The smallest absolute Gasteiger partial charge is 0.0717 e. The van der Waals surface area contributed by atoms with Crippen molar-refractivity contribution in [3.05, 3.63) is 96.1 Å². The van der Waals surface area contributed by atoms with Crippen molar-refractivity contribution in [2.75, 3.05) is 6.61 Å². The molecule has 0 fully saturated rings. The highest BCUT2D eigenvalue weighted by molar-refractivity contribution is 8.19. The zero-order valence-corrected chi connectivity index (χ0v) is 16.4. The number of ether oxygens (including phenoxy) is 1. The molecule has 1 aliphatic heterocycles. The Morgan fingerprint density at radius 3 is 1.92 bits per heavy atom. The Bertz CT molecular complexity index is 825. The molecule has 3 aromatic carbocycles. The first-order valence-electron chi connectivity index (χ1n) is 8.85. The molecule has 1 nitrogen and oxygen atoms in total. The maximum absolute atomic E-state index is 6.22. The lowest BCUT2D eigenvalue weighted by atomic mass is 9.85. The third-order valence-electron chi connectivity index (χ3n) is 4.78. The van der Waals surface area contributed by atoms with E-state index in [1.807, 2.05) is 29.6 Å². The Morgan fingerprint density at radius 1 is 0.769 bits per heavy atom. The molecule has 0 bridgehead atoms. The fourth-order valence-corrected chi connectivity index (χ4v) is 6.40. The molecule has 0 aliphatic carbocycles. The van der Waals surface area contributed by atoms with Gasteiger partial charge in [0.15, 0.2) is 0 Å².